The lowest BCUT2D eigenvalue weighted by molar-refractivity contribution is -0.219. The van der Waals surface area contributed by atoms with Crippen LogP contribution in [0, 0.1) is 0 Å². The first-order chi connectivity index (χ1) is 19.3. The molecule has 1 aliphatic rings. The Kier molecular flexibility index (Phi) is 9.21. The molecule has 1 saturated heterocycles. The number of amides is 4. The van der Waals surface area contributed by atoms with Crippen molar-refractivity contribution >= 4 is 58.4 Å². The summed E-state index contributed by atoms with van der Waals surface area (Å²) in [4.78, 5) is 64.8. The molecule has 2 aromatic carbocycles. The molecular formula is C28H32Cl2N6O5. The Bertz CT molecular complexity index is 1470. The number of hydrogen-bond donors (Lipinski definition) is 3. The van der Waals surface area contributed by atoms with Gasteiger partial charge in [-0.2, -0.15) is 0 Å². The van der Waals surface area contributed by atoms with Crippen molar-refractivity contribution in [2.45, 2.75) is 57.7 Å². The third-order valence-electron chi connectivity index (χ3n) is 6.50. The van der Waals surface area contributed by atoms with Gasteiger partial charge in [-0.15, -0.1) is 0 Å². The fourth-order valence-electron chi connectivity index (χ4n) is 4.76. The summed E-state index contributed by atoms with van der Waals surface area (Å²) in [5, 5.41) is 4.57. The normalized spacial score (nSPS) is 16.0. The first kappa shape index (κ1) is 30.3. The maximum atomic E-state index is 13.4. The van der Waals surface area contributed by atoms with Gasteiger partial charge < -0.3 is 20.9 Å². The van der Waals surface area contributed by atoms with E-state index in [1.807, 2.05) is 20.8 Å². The van der Waals surface area contributed by atoms with E-state index < -0.39 is 23.5 Å². The maximum Gasteiger partial charge on any atom is 0.255 e. The molecule has 0 bridgehead atoms. The number of likely N-dealkylation sites (tertiary alicyclic amines) is 1. The number of nitrogens with one attached hydrogen (secondary N) is 2. The Morgan fingerprint density at radius 1 is 1.24 bits per heavy atom. The van der Waals surface area contributed by atoms with Crippen molar-refractivity contribution in [2.75, 3.05) is 13.1 Å². The fourth-order valence-corrected chi connectivity index (χ4v) is 5.19. The Labute approximate surface area is 247 Å². The van der Waals surface area contributed by atoms with Crippen molar-refractivity contribution in [1.29, 1.82) is 0 Å². The molecule has 1 fully saturated rings. The van der Waals surface area contributed by atoms with Gasteiger partial charge in [0, 0.05) is 17.1 Å². The van der Waals surface area contributed by atoms with E-state index in [-0.39, 0.29) is 41.1 Å². The van der Waals surface area contributed by atoms with Crippen molar-refractivity contribution in [3.8, 4) is 0 Å². The molecule has 4 N–H and O–H groups in total. The average Bonchev–Trinajstić information content (AvgIpc) is 3.53. The summed E-state index contributed by atoms with van der Waals surface area (Å²) in [5.74, 6) is -1.13. The quantitative estimate of drug-likeness (QED) is 0.235. The minimum absolute atomic E-state index is 0.0938. The van der Waals surface area contributed by atoms with Crippen LogP contribution in [0.15, 0.2) is 36.4 Å². The fraction of sp³-hybridized carbons (Fsp3) is 0.393. The zero-order valence-electron chi connectivity index (χ0n) is 22.9. The Balaban J connectivity index is 1.49. The summed E-state index contributed by atoms with van der Waals surface area (Å²) in [5.41, 5.74) is 6.53. The smallest absolute Gasteiger partial charge is 0.255 e. The molecule has 0 aliphatic carbocycles. The van der Waals surface area contributed by atoms with E-state index in [1.165, 1.54) is 23.3 Å². The highest BCUT2D eigenvalue weighted by molar-refractivity contribution is 6.34. The number of rotatable bonds is 10. The summed E-state index contributed by atoms with van der Waals surface area (Å²) < 4.78 is 0. The maximum absolute atomic E-state index is 13.4. The monoisotopic (exact) mass is 602 g/mol. The summed E-state index contributed by atoms with van der Waals surface area (Å²) in [6.45, 7) is 6.23. The molecule has 2 heterocycles. The number of carbonyl (C=O) groups excluding carboxylic acids is 4. The van der Waals surface area contributed by atoms with Gasteiger partial charge in [-0.3, -0.25) is 24.0 Å². The first-order valence-corrected chi connectivity index (χ1v) is 13.9. The van der Waals surface area contributed by atoms with E-state index in [0.29, 0.717) is 41.3 Å². The van der Waals surface area contributed by atoms with E-state index in [0.717, 1.165) is 6.42 Å². The van der Waals surface area contributed by atoms with Crippen LogP contribution in [0.5, 0.6) is 0 Å². The van der Waals surface area contributed by atoms with E-state index >= 15 is 0 Å². The van der Waals surface area contributed by atoms with Crippen LogP contribution in [0.2, 0.25) is 10.0 Å². The second kappa shape index (κ2) is 12.5. The molecule has 4 amide bonds. The largest absolute Gasteiger partial charge is 0.370 e. The van der Waals surface area contributed by atoms with E-state index in [1.54, 1.807) is 23.1 Å². The third kappa shape index (κ3) is 7.55. The first-order valence-electron chi connectivity index (χ1n) is 13.1. The molecule has 11 nitrogen and oxygen atoms in total. The van der Waals surface area contributed by atoms with E-state index in [9.17, 15) is 19.2 Å². The second-order valence-electron chi connectivity index (χ2n) is 10.9. The van der Waals surface area contributed by atoms with Gasteiger partial charge in [0.15, 0.2) is 0 Å². The number of nitrogens with two attached hydrogens (primary N) is 1. The minimum atomic E-state index is -0.840. The number of fused-ring (bicyclic) bond motifs is 1. The van der Waals surface area contributed by atoms with E-state index in [2.05, 4.69) is 15.3 Å². The molecule has 13 heteroatoms. The topological polar surface area (TPSA) is 151 Å². The number of nitrogens with zero attached hydrogens (tertiary/aromatic N) is 3. The molecule has 0 radical (unpaired) electrons. The molecule has 2 atom stereocenters. The van der Waals surface area contributed by atoms with Crippen LogP contribution in [-0.4, -0.2) is 68.8 Å². The van der Waals surface area contributed by atoms with Crippen molar-refractivity contribution in [2.24, 2.45) is 5.73 Å². The van der Waals surface area contributed by atoms with Gasteiger partial charge >= 0.3 is 0 Å². The molecule has 1 aliphatic heterocycles. The number of hydrogen-bond acceptors (Lipinski definition) is 6. The highest BCUT2D eigenvalue weighted by Gasteiger charge is 2.33. The predicted octanol–water partition coefficient (Wildman–Crippen LogP) is 4.01. The lowest BCUT2D eigenvalue weighted by Gasteiger charge is -2.32. The molecular weight excluding hydrogens is 571 g/mol. The van der Waals surface area contributed by atoms with Gasteiger partial charge in [-0.1, -0.05) is 23.2 Å². The van der Waals surface area contributed by atoms with Crippen molar-refractivity contribution < 1.29 is 24.0 Å². The van der Waals surface area contributed by atoms with Gasteiger partial charge in [-0.25, -0.2) is 10.0 Å². The van der Waals surface area contributed by atoms with Crippen LogP contribution < -0.4 is 11.1 Å². The predicted molar refractivity (Wildman–Crippen MR) is 154 cm³/mol. The summed E-state index contributed by atoms with van der Waals surface area (Å²) in [7, 11) is 0. The molecule has 41 heavy (non-hydrogen) atoms. The number of aromatic nitrogens is 2. The number of hydroxylamine groups is 2. The van der Waals surface area contributed by atoms with Crippen LogP contribution in [0.3, 0.4) is 0 Å². The second-order valence-corrected chi connectivity index (χ2v) is 11.7. The molecule has 0 saturated carbocycles. The number of halogens is 2. The van der Waals surface area contributed by atoms with Crippen molar-refractivity contribution in [3.63, 3.8) is 0 Å². The van der Waals surface area contributed by atoms with Gasteiger partial charge in [0.25, 0.3) is 11.8 Å². The number of carbonyl (C=O) groups is 4. The molecule has 1 aromatic heterocycles. The average molecular weight is 604 g/mol. The molecule has 3 aromatic rings. The third-order valence-corrected chi connectivity index (χ3v) is 7.05. The lowest BCUT2D eigenvalue weighted by atomic mass is 10.1. The van der Waals surface area contributed by atoms with E-state index in [4.69, 9.17) is 33.8 Å². The highest BCUT2D eigenvalue weighted by atomic mass is 35.5. The molecule has 4 rings (SSSR count). The van der Waals surface area contributed by atoms with Gasteiger partial charge in [0.05, 0.1) is 52.3 Å². The van der Waals surface area contributed by atoms with Crippen molar-refractivity contribution in [1.82, 2.24) is 25.2 Å². The zero-order chi connectivity index (χ0) is 29.9. The van der Waals surface area contributed by atoms with Gasteiger partial charge in [0.2, 0.25) is 12.3 Å². The number of primary amides is 1. The summed E-state index contributed by atoms with van der Waals surface area (Å²) in [6, 6.07) is 8.38. The summed E-state index contributed by atoms with van der Waals surface area (Å²) >= 11 is 12.5. The number of aromatic amines is 1. The van der Waals surface area contributed by atoms with Gasteiger partial charge in [0.1, 0.15) is 5.82 Å². The summed E-state index contributed by atoms with van der Waals surface area (Å²) in [6.07, 6.45) is 1.89. The number of imidazole rings is 1. The van der Waals surface area contributed by atoms with Gasteiger partial charge in [-0.05, 0) is 70.0 Å². The molecule has 0 spiro atoms. The zero-order valence-corrected chi connectivity index (χ0v) is 24.5. The van der Waals surface area contributed by atoms with Crippen molar-refractivity contribution in [3.05, 3.63) is 63.4 Å². The minimum Gasteiger partial charge on any atom is -0.370 e. The van der Waals surface area contributed by atoms with Crippen LogP contribution >= 0.6 is 23.2 Å². The SMILES string of the molecule is CC(C)(C)ON(C=O)CC1CCCN1C(=O)c1ccc(C(=O)NC(CC(N)=O)c2nc3cc(Cl)ccc3[nH]2)cc1Cl. The number of benzene rings is 2. The molecule has 218 valence electrons. The highest BCUT2D eigenvalue weighted by Crippen LogP contribution is 2.27. The Morgan fingerprint density at radius 3 is 2.66 bits per heavy atom. The van der Waals surface area contributed by atoms with Crippen LogP contribution in [0.4, 0.5) is 0 Å². The van der Waals surface area contributed by atoms with Crippen LogP contribution in [0.1, 0.15) is 72.6 Å². The lowest BCUT2D eigenvalue weighted by Crippen LogP contribution is -2.45. The number of H-pyrrole nitrogens is 1. The van der Waals surface area contributed by atoms with Crippen LogP contribution in [0.25, 0.3) is 11.0 Å². The molecule has 2 unspecified atom stereocenters. The Morgan fingerprint density at radius 2 is 2.00 bits per heavy atom. The van der Waals surface area contributed by atoms with Crippen LogP contribution in [-0.2, 0) is 14.4 Å². The standard InChI is InChI=1S/C28H32Cl2N6O5/c1-28(2,3)41-35(15-37)14-18-5-4-10-36(18)27(40)19-8-6-16(11-20(19)30)26(39)34-23(13-24(31)38)25-32-21-9-7-17(29)12-22(21)33-25/h6-9,11-12,15,18,23H,4-5,10,13-14H2,1-3H3,(H2,31,38)(H,32,33)(H,34,39). The Hall–Kier alpha value is -3.67.